The van der Waals surface area contributed by atoms with Crippen molar-refractivity contribution < 1.29 is 17.9 Å². The summed E-state index contributed by atoms with van der Waals surface area (Å²) in [6.07, 6.45) is -2.62. The lowest BCUT2D eigenvalue weighted by Crippen LogP contribution is -2.14. The minimum absolute atomic E-state index is 0.164. The number of hydrogen-bond acceptors (Lipinski definition) is 6. The molecule has 0 radical (unpaired) electrons. The molecule has 0 saturated carbocycles. The molecule has 1 N–H and O–H groups in total. The molecular formula is C24H21ClF3N5O. The molecule has 6 nitrogen and oxygen atoms in total. The van der Waals surface area contributed by atoms with Crippen molar-refractivity contribution in [3.05, 3.63) is 76.7 Å². The smallest absolute Gasteiger partial charge is 0.374 e. The highest BCUT2D eigenvalue weighted by Crippen LogP contribution is 2.32. The van der Waals surface area contributed by atoms with Crippen LogP contribution in [0.1, 0.15) is 23.9 Å². The molecule has 10 heteroatoms. The third kappa shape index (κ3) is 5.43. The van der Waals surface area contributed by atoms with Crippen LogP contribution in [0.4, 0.5) is 19.0 Å². The van der Waals surface area contributed by atoms with E-state index >= 15 is 0 Å². The number of aromatic nitrogens is 4. The Hall–Kier alpha value is -3.30. The number of nitrogens with one attached hydrogen (secondary N) is 1. The van der Waals surface area contributed by atoms with E-state index in [4.69, 9.17) is 16.3 Å². The molecule has 0 bridgehead atoms. The predicted molar refractivity (Wildman–Crippen MR) is 125 cm³/mol. The van der Waals surface area contributed by atoms with Gasteiger partial charge in [-0.3, -0.25) is 4.98 Å². The molecule has 0 amide bonds. The molecule has 0 unspecified atom stereocenters. The van der Waals surface area contributed by atoms with Crippen LogP contribution in [-0.2, 0) is 23.9 Å². The summed E-state index contributed by atoms with van der Waals surface area (Å²) in [4.78, 5) is 17.9. The number of hydrogen-bond donors (Lipinski definition) is 1. The zero-order valence-corrected chi connectivity index (χ0v) is 19.0. The fraction of sp³-hybridized carbons (Fsp3) is 0.250. The third-order valence-corrected chi connectivity index (χ3v) is 5.36. The maximum Gasteiger partial charge on any atom is 0.416 e. The zero-order valence-electron chi connectivity index (χ0n) is 18.2. The first-order chi connectivity index (χ1) is 16.4. The van der Waals surface area contributed by atoms with Crippen molar-refractivity contribution in [2.24, 2.45) is 0 Å². The first-order valence-electron chi connectivity index (χ1n) is 10.6. The van der Waals surface area contributed by atoms with E-state index in [0.29, 0.717) is 45.7 Å². The van der Waals surface area contributed by atoms with Crippen LogP contribution < -0.4 is 5.32 Å². The number of fused-ring (bicyclic) bond motifs is 1. The Labute approximate surface area is 199 Å². The van der Waals surface area contributed by atoms with Crippen molar-refractivity contribution in [2.45, 2.75) is 26.1 Å². The van der Waals surface area contributed by atoms with Crippen LogP contribution in [-0.4, -0.2) is 33.1 Å². The summed E-state index contributed by atoms with van der Waals surface area (Å²) in [5.41, 5.74) is 1.04. The maximum atomic E-state index is 13.3. The van der Waals surface area contributed by atoms with E-state index in [9.17, 15) is 13.2 Å². The second-order valence-corrected chi connectivity index (χ2v) is 7.77. The number of halogens is 4. The van der Waals surface area contributed by atoms with Crippen LogP contribution in [0.5, 0.6) is 0 Å². The van der Waals surface area contributed by atoms with E-state index in [2.05, 4.69) is 25.3 Å². The van der Waals surface area contributed by atoms with Crippen LogP contribution in [0.25, 0.3) is 22.4 Å². The van der Waals surface area contributed by atoms with Crippen LogP contribution in [0.15, 0.2) is 54.7 Å². The molecule has 4 rings (SSSR count). The summed E-state index contributed by atoms with van der Waals surface area (Å²) in [6, 6.07) is 12.5. The van der Waals surface area contributed by atoms with E-state index in [-0.39, 0.29) is 25.1 Å². The van der Waals surface area contributed by atoms with Gasteiger partial charge in [-0.05, 0) is 49.2 Å². The van der Waals surface area contributed by atoms with Crippen molar-refractivity contribution in [3.63, 3.8) is 0 Å². The first-order valence-corrected chi connectivity index (χ1v) is 11.0. The summed E-state index contributed by atoms with van der Waals surface area (Å²) in [6.45, 7) is 2.75. The first kappa shape index (κ1) is 23.8. The van der Waals surface area contributed by atoms with Gasteiger partial charge in [0.15, 0.2) is 11.5 Å². The molecule has 3 heterocycles. The number of pyridine rings is 2. The monoisotopic (exact) mass is 487 g/mol. The van der Waals surface area contributed by atoms with Gasteiger partial charge >= 0.3 is 6.18 Å². The van der Waals surface area contributed by atoms with Crippen LogP contribution in [0, 0.1) is 0 Å². The quantitative estimate of drug-likeness (QED) is 0.331. The number of anilines is 1. The topological polar surface area (TPSA) is 72.8 Å². The molecular weight excluding hydrogens is 467 g/mol. The van der Waals surface area contributed by atoms with E-state index in [1.807, 2.05) is 6.92 Å². The predicted octanol–water partition coefficient (Wildman–Crippen LogP) is 5.95. The number of nitrogens with zero attached hydrogens (tertiary/aromatic N) is 4. The van der Waals surface area contributed by atoms with E-state index in [1.54, 1.807) is 36.5 Å². The van der Waals surface area contributed by atoms with Gasteiger partial charge in [-0.1, -0.05) is 29.8 Å². The summed E-state index contributed by atoms with van der Waals surface area (Å²) in [5.74, 6) is 0.875. The molecule has 176 valence electrons. The summed E-state index contributed by atoms with van der Waals surface area (Å²) in [5, 5.41) is 4.23. The molecule has 34 heavy (non-hydrogen) atoms. The van der Waals surface area contributed by atoms with E-state index < -0.39 is 11.7 Å². The molecule has 0 spiro atoms. The van der Waals surface area contributed by atoms with Gasteiger partial charge in [0, 0.05) is 19.3 Å². The number of rotatable bonds is 8. The van der Waals surface area contributed by atoms with Crippen molar-refractivity contribution >= 4 is 28.5 Å². The number of benzene rings is 1. The molecule has 0 saturated heterocycles. The van der Waals surface area contributed by atoms with Gasteiger partial charge in [0.1, 0.15) is 18.1 Å². The lowest BCUT2D eigenvalue weighted by molar-refractivity contribution is -0.138. The highest BCUT2D eigenvalue weighted by atomic mass is 35.5. The Bertz CT molecular complexity index is 1300. The van der Waals surface area contributed by atoms with Gasteiger partial charge in [0.25, 0.3) is 0 Å². The Kier molecular flexibility index (Phi) is 7.23. The molecule has 0 aliphatic carbocycles. The second-order valence-electron chi connectivity index (χ2n) is 7.36. The van der Waals surface area contributed by atoms with Crippen LogP contribution in [0.3, 0.4) is 0 Å². The lowest BCUT2D eigenvalue weighted by Gasteiger charge is -2.14. The molecule has 0 atom stereocenters. The molecule has 0 aliphatic rings. The summed E-state index contributed by atoms with van der Waals surface area (Å²) >= 11 is 6.26. The van der Waals surface area contributed by atoms with Gasteiger partial charge in [-0.25, -0.2) is 15.0 Å². The number of ether oxygens (including phenoxy) is 1. The van der Waals surface area contributed by atoms with Gasteiger partial charge in [0.2, 0.25) is 0 Å². The van der Waals surface area contributed by atoms with Gasteiger partial charge in [-0.2, -0.15) is 13.2 Å². The summed E-state index contributed by atoms with van der Waals surface area (Å²) in [7, 11) is 0. The van der Waals surface area contributed by atoms with Gasteiger partial charge in [-0.15, -0.1) is 0 Å². The van der Waals surface area contributed by atoms with Crippen molar-refractivity contribution in [2.75, 3.05) is 18.5 Å². The van der Waals surface area contributed by atoms with Crippen LogP contribution in [0.2, 0.25) is 5.02 Å². The molecule has 1 aromatic carbocycles. The highest BCUT2D eigenvalue weighted by molar-refractivity contribution is 6.32. The molecule has 0 fully saturated rings. The minimum Gasteiger partial charge on any atom is -0.374 e. The Balaban J connectivity index is 1.64. The van der Waals surface area contributed by atoms with Gasteiger partial charge < -0.3 is 10.1 Å². The highest BCUT2D eigenvalue weighted by Gasteiger charge is 2.32. The average molecular weight is 488 g/mol. The average Bonchev–Trinajstić information content (AvgIpc) is 2.82. The fourth-order valence-electron chi connectivity index (χ4n) is 3.48. The lowest BCUT2D eigenvalue weighted by atomic mass is 10.0. The molecule has 3 aromatic heterocycles. The Morgan fingerprint density at radius 2 is 1.82 bits per heavy atom. The number of alkyl halides is 3. The molecule has 4 aromatic rings. The summed E-state index contributed by atoms with van der Waals surface area (Å²) < 4.78 is 45.4. The Morgan fingerprint density at radius 1 is 1.00 bits per heavy atom. The third-order valence-electron chi connectivity index (χ3n) is 5.05. The van der Waals surface area contributed by atoms with E-state index in [1.165, 1.54) is 12.1 Å². The van der Waals surface area contributed by atoms with Crippen LogP contribution >= 0.6 is 11.6 Å². The largest absolute Gasteiger partial charge is 0.416 e. The minimum atomic E-state index is -4.41. The second kappa shape index (κ2) is 10.3. The molecule has 0 aliphatic heterocycles. The van der Waals surface area contributed by atoms with Crippen molar-refractivity contribution in [1.82, 2.24) is 19.9 Å². The normalized spacial score (nSPS) is 11.7. The van der Waals surface area contributed by atoms with Crippen molar-refractivity contribution in [1.29, 1.82) is 0 Å². The van der Waals surface area contributed by atoms with Gasteiger partial charge in [0.05, 0.1) is 21.7 Å². The Morgan fingerprint density at radius 3 is 2.59 bits per heavy atom. The van der Waals surface area contributed by atoms with Crippen molar-refractivity contribution in [3.8, 4) is 11.4 Å². The standard InChI is InChI=1S/C24H21ClF3N5O/c1-2-34-14-20-32-22(30-13-11-15-6-3-4-7-17(15)24(26,27)28)16-9-10-19(31-23(16)33-20)21-18(25)8-5-12-29-21/h3-10,12H,2,11,13-14H2,1H3,(H,30,31,32,33). The SMILES string of the molecule is CCOCc1nc(NCCc2ccccc2C(F)(F)F)c2ccc(-c3ncccc3Cl)nc2n1. The zero-order chi connectivity index (χ0) is 24.1. The fourth-order valence-corrected chi connectivity index (χ4v) is 3.70. The maximum absolute atomic E-state index is 13.3. The van der Waals surface area contributed by atoms with E-state index in [0.717, 1.165) is 6.07 Å².